The van der Waals surface area contributed by atoms with E-state index in [1.807, 2.05) is 13.3 Å². The fourth-order valence-corrected chi connectivity index (χ4v) is 1.35. The summed E-state index contributed by atoms with van der Waals surface area (Å²) in [5.41, 5.74) is 3.82. The predicted molar refractivity (Wildman–Crippen MR) is 45.3 cm³/mol. The summed E-state index contributed by atoms with van der Waals surface area (Å²) in [6, 6.07) is 6.42. The lowest BCUT2D eigenvalue weighted by Crippen LogP contribution is -2.97. The molecule has 2 rings (SSSR count). The van der Waals surface area contributed by atoms with Crippen molar-refractivity contribution < 1.29 is 5.01 Å². The van der Waals surface area contributed by atoms with E-state index in [4.69, 9.17) is 0 Å². The van der Waals surface area contributed by atoms with Crippen molar-refractivity contribution in [3.63, 3.8) is 0 Å². The molecule has 1 aliphatic rings. The number of quaternary nitrogens is 1. The Balaban J connectivity index is 2.58. The van der Waals surface area contributed by atoms with Crippen LogP contribution in [-0.4, -0.2) is 13.3 Å². The first-order valence-electron chi connectivity index (χ1n) is 3.76. The molecule has 1 aliphatic heterocycles. The molecule has 2 heteroatoms. The lowest BCUT2D eigenvalue weighted by Gasteiger charge is -2.01. The van der Waals surface area contributed by atoms with Crippen LogP contribution in [0.3, 0.4) is 0 Å². The molecule has 0 saturated heterocycles. The van der Waals surface area contributed by atoms with Crippen LogP contribution in [0.4, 0.5) is 5.69 Å². The van der Waals surface area contributed by atoms with Gasteiger partial charge in [-0.1, -0.05) is 16.7 Å². The number of hydrogen-bond acceptors (Lipinski definition) is 1. The van der Waals surface area contributed by atoms with Gasteiger partial charge in [0.1, 0.15) is 0 Å². The van der Waals surface area contributed by atoms with Gasteiger partial charge in [-0.15, -0.1) is 0 Å². The molecule has 1 atom stereocenters. The summed E-state index contributed by atoms with van der Waals surface area (Å²) < 4.78 is 0. The minimum absolute atomic E-state index is 1.13. The van der Waals surface area contributed by atoms with Crippen LogP contribution in [-0.2, 0) is 0 Å². The molecule has 1 aromatic carbocycles. The van der Waals surface area contributed by atoms with E-state index in [1.165, 1.54) is 16.8 Å². The third-order valence-corrected chi connectivity index (χ3v) is 1.99. The summed E-state index contributed by atoms with van der Waals surface area (Å²) in [4.78, 5) is 0. The molecule has 1 N–H and O–H groups in total. The van der Waals surface area contributed by atoms with Gasteiger partial charge in [-0.2, -0.15) is 5.01 Å². The van der Waals surface area contributed by atoms with Crippen LogP contribution in [0.2, 0.25) is 0 Å². The Morgan fingerprint density at radius 3 is 3.00 bits per heavy atom. The molecule has 2 nitrogen and oxygen atoms in total. The summed E-state index contributed by atoms with van der Waals surface area (Å²) in [6.45, 7) is 2.10. The Hall–Kier alpha value is -1.15. The Kier molecular flexibility index (Phi) is 1.29. The largest absolute Gasteiger partial charge is 0.179 e. The van der Waals surface area contributed by atoms with Gasteiger partial charge in [0, 0.05) is 6.07 Å². The van der Waals surface area contributed by atoms with Gasteiger partial charge in [-0.25, -0.2) is 0 Å². The number of hydrogen-bond donors (Lipinski definition) is 1. The lowest BCUT2D eigenvalue weighted by molar-refractivity contribution is -0.814. The van der Waals surface area contributed by atoms with Crippen molar-refractivity contribution >= 4 is 11.9 Å². The second-order valence-electron chi connectivity index (χ2n) is 2.93. The molecule has 0 aromatic heterocycles. The molecule has 56 valence electrons. The van der Waals surface area contributed by atoms with Crippen LogP contribution in [0.1, 0.15) is 11.1 Å². The third kappa shape index (κ3) is 0.955. The van der Waals surface area contributed by atoms with E-state index in [1.54, 1.807) is 0 Å². The first-order chi connectivity index (χ1) is 5.27. The number of rotatable bonds is 0. The highest BCUT2D eigenvalue weighted by atomic mass is 15.4. The van der Waals surface area contributed by atoms with Gasteiger partial charge in [0.25, 0.3) is 0 Å². The summed E-state index contributed by atoms with van der Waals surface area (Å²) in [6.07, 6.45) is 1.93. The van der Waals surface area contributed by atoms with Crippen molar-refractivity contribution in [2.45, 2.75) is 6.92 Å². The summed E-state index contributed by atoms with van der Waals surface area (Å²) in [7, 11) is 2.04. The van der Waals surface area contributed by atoms with Crippen molar-refractivity contribution in [3.8, 4) is 0 Å². The highest BCUT2D eigenvalue weighted by molar-refractivity contribution is 5.86. The molecule has 1 unspecified atom stereocenters. The first kappa shape index (κ1) is 6.55. The van der Waals surface area contributed by atoms with E-state index in [0.29, 0.717) is 0 Å². The molecule has 0 bridgehead atoms. The molecule has 1 aromatic rings. The number of fused-ring (bicyclic) bond motifs is 1. The fourth-order valence-electron chi connectivity index (χ4n) is 1.35. The molecule has 0 fully saturated rings. The number of nitrogens with one attached hydrogen (secondary N) is 1. The number of nitrogens with zero attached hydrogens (tertiary/aromatic N) is 1. The van der Waals surface area contributed by atoms with Gasteiger partial charge >= 0.3 is 0 Å². The molecule has 0 saturated carbocycles. The van der Waals surface area contributed by atoms with Crippen molar-refractivity contribution in [2.24, 2.45) is 5.10 Å². The third-order valence-electron chi connectivity index (χ3n) is 1.99. The molecule has 0 aliphatic carbocycles. The maximum absolute atomic E-state index is 4.24. The molecular formula is C9H11N2+. The second kappa shape index (κ2) is 2.17. The van der Waals surface area contributed by atoms with E-state index in [2.05, 4.69) is 30.2 Å². The molecule has 0 radical (unpaired) electrons. The highest BCUT2D eigenvalue weighted by Crippen LogP contribution is 2.13. The summed E-state index contributed by atoms with van der Waals surface area (Å²) >= 11 is 0. The zero-order valence-electron chi connectivity index (χ0n) is 6.76. The van der Waals surface area contributed by atoms with Gasteiger partial charge < -0.3 is 0 Å². The van der Waals surface area contributed by atoms with Crippen molar-refractivity contribution in [3.05, 3.63) is 29.3 Å². The van der Waals surface area contributed by atoms with Crippen molar-refractivity contribution in [2.75, 3.05) is 7.05 Å². The Bertz CT molecular complexity index is 315. The Labute approximate surface area is 66.1 Å². The molecule has 1 heterocycles. The van der Waals surface area contributed by atoms with Gasteiger partial charge in [-0.3, -0.25) is 0 Å². The van der Waals surface area contributed by atoms with Crippen LogP contribution >= 0.6 is 0 Å². The van der Waals surface area contributed by atoms with E-state index < -0.39 is 0 Å². The average Bonchev–Trinajstić information content (AvgIpc) is 2.32. The van der Waals surface area contributed by atoms with E-state index in [9.17, 15) is 0 Å². The zero-order valence-corrected chi connectivity index (χ0v) is 6.76. The Morgan fingerprint density at radius 1 is 1.36 bits per heavy atom. The van der Waals surface area contributed by atoms with Crippen LogP contribution < -0.4 is 5.01 Å². The lowest BCUT2D eigenvalue weighted by atomic mass is 10.1. The van der Waals surface area contributed by atoms with Crippen LogP contribution in [0.25, 0.3) is 0 Å². The highest BCUT2D eigenvalue weighted by Gasteiger charge is 2.15. The minimum atomic E-state index is 1.13. The maximum Gasteiger partial charge on any atom is 0.166 e. The normalized spacial score (nSPS) is 20.4. The number of benzene rings is 1. The fraction of sp³-hybridized carbons (Fsp3) is 0.222. The number of aryl methyl sites for hydroxylation is 1. The monoisotopic (exact) mass is 147 g/mol. The predicted octanol–water partition coefficient (Wildman–Crippen LogP) is 0.489. The average molecular weight is 147 g/mol. The molecular weight excluding hydrogens is 136 g/mol. The van der Waals surface area contributed by atoms with Crippen LogP contribution in [0.5, 0.6) is 0 Å². The van der Waals surface area contributed by atoms with Crippen molar-refractivity contribution in [1.29, 1.82) is 0 Å². The molecule has 0 spiro atoms. The van der Waals surface area contributed by atoms with Gasteiger partial charge in [0.05, 0.1) is 18.8 Å². The maximum atomic E-state index is 4.24. The van der Waals surface area contributed by atoms with Gasteiger partial charge in [0.15, 0.2) is 5.69 Å². The standard InChI is InChI=1S/C9H10N2/c1-7-3-4-9-8(5-7)6-10-11(9)2/h3-6H,1-2H3/p+1. The van der Waals surface area contributed by atoms with Gasteiger partial charge in [-0.05, 0) is 13.0 Å². The van der Waals surface area contributed by atoms with E-state index in [0.717, 1.165) is 5.01 Å². The quantitative estimate of drug-likeness (QED) is 0.550. The SMILES string of the molecule is Cc1ccc2c(c1)C=N[NH+]2C. The van der Waals surface area contributed by atoms with Gasteiger partial charge in [0.2, 0.25) is 0 Å². The molecule has 0 amide bonds. The van der Waals surface area contributed by atoms with Crippen LogP contribution in [0, 0.1) is 6.92 Å². The summed E-state index contributed by atoms with van der Waals surface area (Å²) in [5.74, 6) is 0. The van der Waals surface area contributed by atoms with Crippen LogP contribution in [0.15, 0.2) is 23.3 Å². The second-order valence-corrected chi connectivity index (χ2v) is 2.93. The smallest absolute Gasteiger partial charge is 0.166 e. The first-order valence-corrected chi connectivity index (χ1v) is 3.76. The van der Waals surface area contributed by atoms with E-state index >= 15 is 0 Å². The topological polar surface area (TPSA) is 16.8 Å². The van der Waals surface area contributed by atoms with E-state index in [-0.39, 0.29) is 0 Å². The minimum Gasteiger partial charge on any atom is -0.179 e. The zero-order chi connectivity index (χ0) is 7.84. The Morgan fingerprint density at radius 2 is 2.18 bits per heavy atom. The summed E-state index contributed by atoms with van der Waals surface area (Å²) in [5, 5.41) is 5.36. The molecule has 11 heavy (non-hydrogen) atoms. The van der Waals surface area contributed by atoms with Crippen molar-refractivity contribution in [1.82, 2.24) is 0 Å².